The zero-order valence-electron chi connectivity index (χ0n) is 23.3. The van der Waals surface area contributed by atoms with Crippen LogP contribution in [0.3, 0.4) is 0 Å². The van der Waals surface area contributed by atoms with Crippen LogP contribution in [0.15, 0.2) is 83.0 Å². The average molecular weight is 479 g/mol. The Labute approximate surface area is 212 Å². The van der Waals surface area contributed by atoms with Crippen molar-refractivity contribution in [1.29, 1.82) is 0 Å². The molecular weight excluding hydrogens is 432 g/mol. The van der Waals surface area contributed by atoms with Crippen LogP contribution in [0.2, 0.25) is 0 Å². The van der Waals surface area contributed by atoms with Gasteiger partial charge < -0.3 is 21.7 Å². The molecule has 4 nitrogen and oxygen atoms in total. The van der Waals surface area contributed by atoms with E-state index in [0.29, 0.717) is 5.70 Å². The molecule has 6 N–H and O–H groups in total. The summed E-state index contributed by atoms with van der Waals surface area (Å²) in [7, 11) is 0. The lowest BCUT2D eigenvalue weighted by molar-refractivity contribution is 0.263. The summed E-state index contributed by atoms with van der Waals surface area (Å²) in [4.78, 5) is 0. The second-order valence-corrected chi connectivity index (χ2v) is 12.7. The number of hydrogen-bond donors (Lipinski definition) is 4. The van der Waals surface area contributed by atoms with Crippen LogP contribution in [0.1, 0.15) is 80.4 Å². The maximum atomic E-state index is 10.4. The van der Waals surface area contributed by atoms with E-state index in [1.807, 2.05) is 32.9 Å². The Bertz CT molecular complexity index is 1090. The van der Waals surface area contributed by atoms with Gasteiger partial charge in [0.1, 0.15) is 11.5 Å². The molecule has 0 fully saturated rings. The molecule has 0 bridgehead atoms. The molecular formula is C31H46N2O2. The molecule has 0 radical (unpaired) electrons. The van der Waals surface area contributed by atoms with Crippen LogP contribution in [0.25, 0.3) is 0 Å². The molecule has 35 heavy (non-hydrogen) atoms. The van der Waals surface area contributed by atoms with Crippen LogP contribution in [0, 0.1) is 10.8 Å². The van der Waals surface area contributed by atoms with Gasteiger partial charge in [0.05, 0.1) is 11.7 Å². The normalized spacial score (nSPS) is 18.9. The average Bonchev–Trinajstić information content (AvgIpc) is 2.85. The molecule has 1 aliphatic rings. The number of aliphatic hydroxyl groups excluding tert-OH is 2. The highest BCUT2D eigenvalue weighted by molar-refractivity contribution is 5.48. The third-order valence-corrected chi connectivity index (χ3v) is 7.43. The molecule has 4 heteroatoms. The Morgan fingerprint density at radius 3 is 1.94 bits per heavy atom. The minimum atomic E-state index is -0.417. The third kappa shape index (κ3) is 6.49. The van der Waals surface area contributed by atoms with E-state index in [1.54, 1.807) is 12.2 Å². The van der Waals surface area contributed by atoms with Crippen LogP contribution in [0.5, 0.6) is 0 Å². The van der Waals surface area contributed by atoms with Crippen molar-refractivity contribution in [3.63, 3.8) is 0 Å². The summed E-state index contributed by atoms with van der Waals surface area (Å²) < 4.78 is 0. The van der Waals surface area contributed by atoms with Gasteiger partial charge in [0.25, 0.3) is 0 Å². The molecule has 1 aromatic rings. The monoisotopic (exact) mass is 478 g/mol. The van der Waals surface area contributed by atoms with Crippen molar-refractivity contribution in [1.82, 2.24) is 0 Å². The minimum absolute atomic E-state index is 0.125. The fraction of sp³-hybridized carbons (Fsp3) is 0.484. The van der Waals surface area contributed by atoms with E-state index in [9.17, 15) is 10.2 Å². The molecule has 0 amide bonds. The summed E-state index contributed by atoms with van der Waals surface area (Å²) in [5.74, 6) is 0.317. The molecule has 0 heterocycles. The second-order valence-electron chi connectivity index (χ2n) is 12.7. The predicted octanol–water partition coefficient (Wildman–Crippen LogP) is 7.25. The van der Waals surface area contributed by atoms with Gasteiger partial charge in [-0.2, -0.15) is 0 Å². The van der Waals surface area contributed by atoms with Crippen molar-refractivity contribution < 1.29 is 10.2 Å². The SMILES string of the molecule is C/C(=C\C=C(\O)C(N)C(C)(C)C)C(C)(C)c1ccc(C(C)(C)C2=CC(C)(C)C=C(O)C(N)=C2)cc1. The lowest BCUT2D eigenvalue weighted by Crippen LogP contribution is -2.36. The molecule has 0 aliphatic heterocycles. The van der Waals surface area contributed by atoms with Gasteiger partial charge in [-0.05, 0) is 47.3 Å². The number of hydrogen-bond acceptors (Lipinski definition) is 4. The first-order valence-corrected chi connectivity index (χ1v) is 12.4. The third-order valence-electron chi connectivity index (χ3n) is 7.43. The van der Waals surface area contributed by atoms with Crippen LogP contribution in [0.4, 0.5) is 0 Å². The van der Waals surface area contributed by atoms with E-state index in [1.165, 1.54) is 11.1 Å². The van der Waals surface area contributed by atoms with Crippen molar-refractivity contribution >= 4 is 0 Å². The van der Waals surface area contributed by atoms with Gasteiger partial charge in [-0.3, -0.25) is 0 Å². The Balaban J connectivity index is 2.37. The molecule has 0 saturated carbocycles. The largest absolute Gasteiger partial charge is 0.511 e. The van der Waals surface area contributed by atoms with Crippen LogP contribution in [-0.2, 0) is 10.8 Å². The van der Waals surface area contributed by atoms with Gasteiger partial charge in [-0.15, -0.1) is 0 Å². The first-order valence-electron chi connectivity index (χ1n) is 12.4. The van der Waals surface area contributed by atoms with Gasteiger partial charge >= 0.3 is 0 Å². The summed E-state index contributed by atoms with van der Waals surface area (Å²) in [5.41, 5.74) is 16.2. The van der Waals surface area contributed by atoms with Crippen molar-refractivity contribution in [3.8, 4) is 0 Å². The highest BCUT2D eigenvalue weighted by atomic mass is 16.3. The zero-order chi connectivity index (χ0) is 27.0. The Morgan fingerprint density at radius 1 is 0.914 bits per heavy atom. The first kappa shape index (κ1) is 28.5. The molecule has 1 aliphatic carbocycles. The van der Waals surface area contributed by atoms with E-state index >= 15 is 0 Å². The lowest BCUT2D eigenvalue weighted by atomic mass is 9.73. The zero-order valence-corrected chi connectivity index (χ0v) is 23.3. The Morgan fingerprint density at radius 2 is 1.43 bits per heavy atom. The van der Waals surface area contributed by atoms with Crippen LogP contribution in [-0.4, -0.2) is 16.3 Å². The van der Waals surface area contributed by atoms with E-state index in [4.69, 9.17) is 11.5 Å². The molecule has 0 aromatic heterocycles. The van der Waals surface area contributed by atoms with Gasteiger partial charge in [0.15, 0.2) is 0 Å². The van der Waals surface area contributed by atoms with Gasteiger partial charge in [-0.1, -0.05) is 104 Å². The molecule has 2 rings (SSSR count). The molecule has 192 valence electrons. The molecule has 0 saturated heterocycles. The van der Waals surface area contributed by atoms with Crippen molar-refractivity contribution in [3.05, 3.63) is 94.1 Å². The van der Waals surface area contributed by atoms with Gasteiger partial charge in [0, 0.05) is 16.2 Å². The fourth-order valence-corrected chi connectivity index (χ4v) is 4.19. The topological polar surface area (TPSA) is 92.5 Å². The summed E-state index contributed by atoms with van der Waals surface area (Å²) in [6.07, 6.45) is 9.54. The summed E-state index contributed by atoms with van der Waals surface area (Å²) in [6.45, 7) is 21.0. The maximum absolute atomic E-state index is 10.4. The minimum Gasteiger partial charge on any atom is -0.511 e. The fourth-order valence-electron chi connectivity index (χ4n) is 4.19. The number of nitrogens with two attached hydrogens (primary N) is 2. The van der Waals surface area contributed by atoms with Gasteiger partial charge in [-0.25, -0.2) is 0 Å². The van der Waals surface area contributed by atoms with Crippen molar-refractivity contribution in [2.75, 3.05) is 0 Å². The highest BCUT2D eigenvalue weighted by Gasteiger charge is 2.30. The van der Waals surface area contributed by atoms with E-state index in [-0.39, 0.29) is 33.2 Å². The van der Waals surface area contributed by atoms with E-state index in [0.717, 1.165) is 11.1 Å². The summed E-state index contributed by atoms with van der Waals surface area (Å²) in [6, 6.07) is 8.26. The van der Waals surface area contributed by atoms with Crippen molar-refractivity contribution in [2.24, 2.45) is 22.3 Å². The maximum Gasteiger partial charge on any atom is 0.135 e. The Hall–Kier alpha value is -2.72. The molecule has 1 unspecified atom stereocenters. The standard InChI is InChI=1S/C31H46N2O2/c1-20(11-16-25(34)27(33)28(2,3)4)30(7,8)21-12-14-22(15-13-21)31(9,10)23-17-24(32)26(35)19-29(5,6)18-23/h11-19,27,34-35H,32-33H2,1-10H3/b20-11+,25-16+. The smallest absolute Gasteiger partial charge is 0.135 e. The van der Waals surface area contributed by atoms with Crippen LogP contribution >= 0.6 is 0 Å². The lowest BCUT2D eigenvalue weighted by Gasteiger charge is -2.31. The Kier molecular flexibility index (Phi) is 7.93. The summed E-state index contributed by atoms with van der Waals surface area (Å²) in [5, 5.41) is 20.7. The number of allylic oxidation sites excluding steroid dienone is 7. The number of aliphatic hydroxyl groups is 2. The van der Waals surface area contributed by atoms with Crippen LogP contribution < -0.4 is 11.5 Å². The summed E-state index contributed by atoms with van der Waals surface area (Å²) >= 11 is 0. The molecule has 1 aromatic carbocycles. The molecule has 0 spiro atoms. The first-order chi connectivity index (χ1) is 15.8. The quantitative estimate of drug-likeness (QED) is 0.256. The van der Waals surface area contributed by atoms with E-state index < -0.39 is 6.04 Å². The highest BCUT2D eigenvalue weighted by Crippen LogP contribution is 2.40. The molecule has 1 atom stereocenters. The second kappa shape index (κ2) is 9.73. The van der Waals surface area contributed by atoms with Gasteiger partial charge in [0.2, 0.25) is 0 Å². The number of rotatable bonds is 6. The van der Waals surface area contributed by atoms with E-state index in [2.05, 4.69) is 78.8 Å². The predicted molar refractivity (Wildman–Crippen MR) is 149 cm³/mol. The van der Waals surface area contributed by atoms with Crippen molar-refractivity contribution in [2.45, 2.75) is 86.1 Å². The number of benzene rings is 1.